The van der Waals surface area contributed by atoms with Gasteiger partial charge in [0.05, 0.1) is 5.69 Å². The first-order chi connectivity index (χ1) is 18.3. The summed E-state index contributed by atoms with van der Waals surface area (Å²) < 4.78 is 1.42. The molecule has 38 heavy (non-hydrogen) atoms. The normalized spacial score (nSPS) is 12.8. The maximum Gasteiger partial charge on any atom is 0.258 e. The molecule has 0 saturated heterocycles. The topological polar surface area (TPSA) is 110 Å². The van der Waals surface area contributed by atoms with Crippen LogP contribution in [-0.2, 0) is 16.1 Å². The Morgan fingerprint density at radius 1 is 1.03 bits per heavy atom. The predicted molar refractivity (Wildman–Crippen MR) is 153 cm³/mol. The quantitative estimate of drug-likeness (QED) is 0.446. The summed E-state index contributed by atoms with van der Waals surface area (Å²) in [6.45, 7) is 7.91. The van der Waals surface area contributed by atoms with E-state index in [0.717, 1.165) is 34.9 Å². The van der Waals surface area contributed by atoms with E-state index in [9.17, 15) is 14.4 Å². The van der Waals surface area contributed by atoms with E-state index in [-0.39, 0.29) is 23.9 Å². The molecular formula is C30H35N5O3. The van der Waals surface area contributed by atoms with Crippen molar-refractivity contribution in [3.05, 3.63) is 70.2 Å². The smallest absolute Gasteiger partial charge is 0.258 e. The standard InChI is InChI=1S/C30H35N5O3/c1-4-12-34(13-5-2)29(37)24-16-23-8-7-21(17-26(23)33-27(31)18-24)20-9-10-25-22(15-20)11-14-35(30(25)38)19-28(36)32-6-3/h7-11,14-17H,4-6,12-13,18-19H2,1-3H3,(H2,31,33)(H,32,36). The highest BCUT2D eigenvalue weighted by Gasteiger charge is 2.21. The molecule has 0 radical (unpaired) electrons. The molecule has 3 N–H and O–H groups in total. The first-order valence-corrected chi connectivity index (χ1v) is 13.2. The third-order valence-corrected chi connectivity index (χ3v) is 6.54. The number of hydrogen-bond donors (Lipinski definition) is 2. The van der Waals surface area contributed by atoms with Crippen molar-refractivity contribution in [3.8, 4) is 11.1 Å². The Hall–Kier alpha value is -4.20. The summed E-state index contributed by atoms with van der Waals surface area (Å²) in [7, 11) is 0. The van der Waals surface area contributed by atoms with E-state index in [1.165, 1.54) is 4.57 Å². The van der Waals surface area contributed by atoms with Crippen molar-refractivity contribution in [1.82, 2.24) is 14.8 Å². The van der Waals surface area contributed by atoms with Crippen LogP contribution < -0.4 is 16.6 Å². The molecule has 2 aromatic carbocycles. The number of nitrogens with zero attached hydrogens (tertiary/aromatic N) is 3. The summed E-state index contributed by atoms with van der Waals surface area (Å²) in [5.41, 5.74) is 10.1. The molecule has 1 aliphatic rings. The second kappa shape index (κ2) is 11.9. The summed E-state index contributed by atoms with van der Waals surface area (Å²) in [5.74, 6) is 0.216. The van der Waals surface area contributed by atoms with E-state index in [4.69, 9.17) is 5.73 Å². The third kappa shape index (κ3) is 5.85. The van der Waals surface area contributed by atoms with Gasteiger partial charge in [-0.3, -0.25) is 14.4 Å². The second-order valence-corrected chi connectivity index (χ2v) is 9.52. The average Bonchev–Trinajstić information content (AvgIpc) is 3.07. The van der Waals surface area contributed by atoms with Crippen LogP contribution >= 0.6 is 0 Å². The molecule has 0 spiro atoms. The van der Waals surface area contributed by atoms with Crippen molar-refractivity contribution >= 4 is 40.2 Å². The Bertz CT molecular complexity index is 1480. The monoisotopic (exact) mass is 513 g/mol. The lowest BCUT2D eigenvalue weighted by Crippen LogP contribution is -2.34. The molecule has 2 amide bonds. The number of carbonyl (C=O) groups is 2. The predicted octanol–water partition coefficient (Wildman–Crippen LogP) is 4.23. The summed E-state index contributed by atoms with van der Waals surface area (Å²) >= 11 is 0. The molecule has 8 heteroatoms. The van der Waals surface area contributed by atoms with E-state index < -0.39 is 0 Å². The number of fused-ring (bicyclic) bond motifs is 2. The van der Waals surface area contributed by atoms with E-state index in [1.54, 1.807) is 12.3 Å². The molecule has 0 bridgehead atoms. The van der Waals surface area contributed by atoms with Crippen LogP contribution in [0.1, 0.15) is 45.6 Å². The van der Waals surface area contributed by atoms with Crippen LogP contribution in [0.25, 0.3) is 28.0 Å². The van der Waals surface area contributed by atoms with E-state index in [0.29, 0.717) is 48.5 Å². The van der Waals surface area contributed by atoms with Crippen molar-refractivity contribution in [2.24, 2.45) is 10.7 Å². The minimum Gasteiger partial charge on any atom is -0.387 e. The minimum absolute atomic E-state index is 0.0103. The van der Waals surface area contributed by atoms with E-state index in [2.05, 4.69) is 24.2 Å². The highest BCUT2D eigenvalue weighted by atomic mass is 16.2. The first kappa shape index (κ1) is 26.9. The summed E-state index contributed by atoms with van der Waals surface area (Å²) in [6.07, 6.45) is 5.66. The van der Waals surface area contributed by atoms with Gasteiger partial charge < -0.3 is 20.5 Å². The van der Waals surface area contributed by atoms with Gasteiger partial charge >= 0.3 is 0 Å². The number of rotatable bonds is 9. The molecule has 0 unspecified atom stereocenters. The fourth-order valence-electron chi connectivity index (χ4n) is 4.77. The number of hydrogen-bond acceptors (Lipinski definition) is 5. The Morgan fingerprint density at radius 3 is 2.45 bits per heavy atom. The zero-order valence-corrected chi connectivity index (χ0v) is 22.3. The van der Waals surface area contributed by atoms with E-state index >= 15 is 0 Å². The zero-order chi connectivity index (χ0) is 27.2. The summed E-state index contributed by atoms with van der Waals surface area (Å²) in [6, 6.07) is 13.4. The Morgan fingerprint density at radius 2 is 1.74 bits per heavy atom. The first-order valence-electron chi connectivity index (χ1n) is 13.2. The number of nitrogens with two attached hydrogens (primary N) is 1. The Labute approximate surface area is 222 Å². The summed E-state index contributed by atoms with van der Waals surface area (Å²) in [4.78, 5) is 44.6. The Kier molecular flexibility index (Phi) is 8.41. The van der Waals surface area contributed by atoms with Crippen LogP contribution in [0.5, 0.6) is 0 Å². The van der Waals surface area contributed by atoms with Gasteiger partial charge in [-0.05, 0) is 66.6 Å². The van der Waals surface area contributed by atoms with Gasteiger partial charge in [0.1, 0.15) is 12.4 Å². The number of aliphatic imine (C=N–C) groups is 1. The molecular weight excluding hydrogens is 478 g/mol. The van der Waals surface area contributed by atoms with Gasteiger partial charge in [0, 0.05) is 48.8 Å². The number of amidine groups is 1. The highest BCUT2D eigenvalue weighted by molar-refractivity contribution is 6.05. The van der Waals surface area contributed by atoms with Crippen LogP contribution in [0.2, 0.25) is 0 Å². The SMILES string of the molecule is CCCN(CCC)C(=O)C1=Cc2ccc(-c3ccc4c(=O)n(CC(=O)NCC)ccc4c3)cc2N=C(N)C1. The van der Waals surface area contributed by atoms with Gasteiger partial charge in [-0.15, -0.1) is 0 Å². The molecule has 4 rings (SSSR count). The maximum absolute atomic E-state index is 13.2. The number of aromatic nitrogens is 1. The number of carbonyl (C=O) groups excluding carboxylic acids is 2. The third-order valence-electron chi connectivity index (χ3n) is 6.54. The van der Waals surface area contributed by atoms with Gasteiger partial charge in [-0.2, -0.15) is 0 Å². The van der Waals surface area contributed by atoms with Crippen LogP contribution in [0.4, 0.5) is 5.69 Å². The average molecular weight is 514 g/mol. The van der Waals surface area contributed by atoms with Gasteiger partial charge in [0.15, 0.2) is 0 Å². The van der Waals surface area contributed by atoms with Crippen molar-refractivity contribution < 1.29 is 9.59 Å². The van der Waals surface area contributed by atoms with Crippen molar-refractivity contribution in [1.29, 1.82) is 0 Å². The van der Waals surface area contributed by atoms with Crippen LogP contribution in [0.15, 0.2) is 64.0 Å². The Balaban J connectivity index is 1.66. The molecule has 1 aliphatic heterocycles. The molecule has 2 heterocycles. The largest absolute Gasteiger partial charge is 0.387 e. The molecule has 198 valence electrons. The van der Waals surface area contributed by atoms with Gasteiger partial charge in [-0.1, -0.05) is 32.0 Å². The minimum atomic E-state index is -0.206. The van der Waals surface area contributed by atoms with Crippen molar-refractivity contribution in [3.63, 3.8) is 0 Å². The lowest BCUT2D eigenvalue weighted by atomic mass is 9.99. The number of amides is 2. The van der Waals surface area contributed by atoms with Gasteiger partial charge in [-0.25, -0.2) is 4.99 Å². The number of benzene rings is 2. The van der Waals surface area contributed by atoms with Gasteiger partial charge in [0.2, 0.25) is 11.8 Å². The lowest BCUT2D eigenvalue weighted by Gasteiger charge is -2.22. The number of likely N-dealkylation sites (N-methyl/N-ethyl adjacent to an activating group) is 1. The molecule has 3 aromatic rings. The number of pyridine rings is 1. The van der Waals surface area contributed by atoms with Crippen LogP contribution in [0, 0.1) is 0 Å². The maximum atomic E-state index is 13.2. The van der Waals surface area contributed by atoms with Gasteiger partial charge in [0.25, 0.3) is 5.56 Å². The molecule has 0 atom stereocenters. The van der Waals surface area contributed by atoms with E-state index in [1.807, 2.05) is 54.3 Å². The zero-order valence-electron chi connectivity index (χ0n) is 22.3. The summed E-state index contributed by atoms with van der Waals surface area (Å²) in [5, 5.41) is 4.05. The molecule has 0 saturated carbocycles. The fraction of sp³-hybridized carbons (Fsp3) is 0.333. The fourth-order valence-corrected chi connectivity index (χ4v) is 4.77. The molecule has 1 aromatic heterocycles. The molecule has 8 nitrogen and oxygen atoms in total. The second-order valence-electron chi connectivity index (χ2n) is 9.52. The molecule has 0 fully saturated rings. The van der Waals surface area contributed by atoms with Crippen LogP contribution in [-0.4, -0.2) is 46.8 Å². The highest BCUT2D eigenvalue weighted by Crippen LogP contribution is 2.33. The van der Waals surface area contributed by atoms with Crippen LogP contribution in [0.3, 0.4) is 0 Å². The number of nitrogens with one attached hydrogen (secondary N) is 1. The van der Waals surface area contributed by atoms with Crippen molar-refractivity contribution in [2.75, 3.05) is 19.6 Å². The molecule has 0 aliphatic carbocycles. The lowest BCUT2D eigenvalue weighted by molar-refractivity contribution is -0.127. The van der Waals surface area contributed by atoms with Crippen molar-refractivity contribution in [2.45, 2.75) is 46.6 Å².